The molecule has 3 rings (SSSR count). The van der Waals surface area contributed by atoms with Gasteiger partial charge in [0.15, 0.2) is 0 Å². The maximum Gasteiger partial charge on any atom is 0.125 e. The van der Waals surface area contributed by atoms with E-state index in [4.69, 9.17) is 5.73 Å². The van der Waals surface area contributed by atoms with Crippen molar-refractivity contribution in [3.8, 4) is 0 Å². The van der Waals surface area contributed by atoms with Gasteiger partial charge in [0.25, 0.3) is 0 Å². The van der Waals surface area contributed by atoms with Gasteiger partial charge in [0.05, 0.1) is 0 Å². The van der Waals surface area contributed by atoms with Crippen LogP contribution >= 0.6 is 11.3 Å². The van der Waals surface area contributed by atoms with Crippen LogP contribution in [0.15, 0.2) is 48.0 Å². The number of nitrogens with zero attached hydrogens (tertiary/aromatic N) is 1. The summed E-state index contributed by atoms with van der Waals surface area (Å²) < 4.78 is 1.30. The summed E-state index contributed by atoms with van der Waals surface area (Å²) in [6.45, 7) is 0. The number of thiophene rings is 1. The third-order valence-corrected chi connectivity index (χ3v) is 3.42. The summed E-state index contributed by atoms with van der Waals surface area (Å²) in [7, 11) is 0. The minimum atomic E-state index is 0.520. The highest BCUT2D eigenvalue weighted by Crippen LogP contribution is 2.26. The molecule has 17 heavy (non-hydrogen) atoms. The molecule has 3 N–H and O–H groups in total. The van der Waals surface area contributed by atoms with Crippen LogP contribution in [-0.2, 0) is 0 Å². The molecule has 0 saturated carbocycles. The summed E-state index contributed by atoms with van der Waals surface area (Å²) in [6, 6.07) is 12.1. The largest absolute Gasteiger partial charge is 0.384 e. The first-order chi connectivity index (χ1) is 8.31. The van der Waals surface area contributed by atoms with E-state index in [1.807, 2.05) is 12.1 Å². The Morgan fingerprint density at radius 1 is 1.06 bits per heavy atom. The Hall–Kier alpha value is -2.07. The second-order valence-corrected chi connectivity index (χ2v) is 4.72. The Kier molecular flexibility index (Phi) is 2.42. The number of benzene rings is 1. The predicted molar refractivity (Wildman–Crippen MR) is 73.8 cm³/mol. The summed E-state index contributed by atoms with van der Waals surface area (Å²) in [5.41, 5.74) is 7.64. The van der Waals surface area contributed by atoms with Gasteiger partial charge in [-0.2, -0.15) is 0 Å². The zero-order valence-corrected chi connectivity index (χ0v) is 9.87. The Labute approximate surface area is 103 Å². The highest BCUT2D eigenvalue weighted by Gasteiger charge is 1.99. The third kappa shape index (κ3) is 2.07. The third-order valence-electron chi connectivity index (χ3n) is 2.52. The zero-order valence-electron chi connectivity index (χ0n) is 9.05. The van der Waals surface area contributed by atoms with Gasteiger partial charge in [-0.1, -0.05) is 0 Å². The normalized spacial score (nSPS) is 10.6. The second-order valence-electron chi connectivity index (χ2n) is 3.77. The average molecular weight is 241 g/mol. The number of hydrogen-bond donors (Lipinski definition) is 2. The summed E-state index contributed by atoms with van der Waals surface area (Å²) in [4.78, 5) is 3.96. The van der Waals surface area contributed by atoms with Crippen LogP contribution in [0.25, 0.3) is 10.1 Å². The lowest BCUT2D eigenvalue weighted by molar-refractivity contribution is 1.33. The van der Waals surface area contributed by atoms with Crippen molar-refractivity contribution in [2.45, 2.75) is 0 Å². The van der Waals surface area contributed by atoms with Crippen molar-refractivity contribution in [3.63, 3.8) is 0 Å². The summed E-state index contributed by atoms with van der Waals surface area (Å²) >= 11 is 1.75. The minimum absolute atomic E-state index is 0.520. The summed E-state index contributed by atoms with van der Waals surface area (Å²) in [6.07, 6.45) is 1.70. The molecule has 2 aromatic heterocycles. The summed E-state index contributed by atoms with van der Waals surface area (Å²) in [5.74, 6) is 0.520. The molecule has 0 aliphatic rings. The van der Waals surface area contributed by atoms with Crippen LogP contribution in [0.4, 0.5) is 17.2 Å². The fraction of sp³-hybridized carbons (Fsp3) is 0. The predicted octanol–water partition coefficient (Wildman–Crippen LogP) is 3.62. The first-order valence-corrected chi connectivity index (χ1v) is 6.15. The van der Waals surface area contributed by atoms with Gasteiger partial charge in [-0.15, -0.1) is 11.3 Å². The number of rotatable bonds is 2. The maximum absolute atomic E-state index is 5.64. The topological polar surface area (TPSA) is 50.9 Å². The second kappa shape index (κ2) is 4.07. The number of nitrogens with two attached hydrogens (primary N) is 1. The van der Waals surface area contributed by atoms with E-state index in [9.17, 15) is 0 Å². The van der Waals surface area contributed by atoms with Gasteiger partial charge in [-0.05, 0) is 41.1 Å². The zero-order chi connectivity index (χ0) is 11.7. The van der Waals surface area contributed by atoms with Gasteiger partial charge in [-0.25, -0.2) is 4.98 Å². The molecule has 0 atom stereocenters. The molecule has 1 aromatic carbocycles. The van der Waals surface area contributed by atoms with Crippen molar-refractivity contribution >= 4 is 38.6 Å². The van der Waals surface area contributed by atoms with Crippen LogP contribution in [0, 0.1) is 0 Å². The number of nitrogens with one attached hydrogen (secondary N) is 1. The van der Waals surface area contributed by atoms with Crippen molar-refractivity contribution in [3.05, 3.63) is 48.0 Å². The van der Waals surface area contributed by atoms with Gasteiger partial charge in [0.1, 0.15) is 5.82 Å². The number of nitrogen functional groups attached to an aromatic ring is 1. The van der Waals surface area contributed by atoms with Crippen LogP contribution in [0.1, 0.15) is 0 Å². The van der Waals surface area contributed by atoms with Crippen molar-refractivity contribution < 1.29 is 0 Å². The Morgan fingerprint density at radius 3 is 2.82 bits per heavy atom. The monoisotopic (exact) mass is 241 g/mol. The number of anilines is 3. The summed E-state index contributed by atoms with van der Waals surface area (Å²) in [5, 5.41) is 6.66. The first-order valence-electron chi connectivity index (χ1n) is 5.27. The first kappa shape index (κ1) is 10.1. The van der Waals surface area contributed by atoms with E-state index >= 15 is 0 Å². The molecule has 0 radical (unpaired) electrons. The number of hydrogen-bond acceptors (Lipinski definition) is 4. The molecule has 0 aliphatic carbocycles. The van der Waals surface area contributed by atoms with Crippen LogP contribution in [0.2, 0.25) is 0 Å². The van der Waals surface area contributed by atoms with Crippen LogP contribution in [-0.4, -0.2) is 4.98 Å². The average Bonchev–Trinajstić information content (AvgIpc) is 2.76. The lowest BCUT2D eigenvalue weighted by atomic mass is 10.2. The molecule has 0 amide bonds. The lowest BCUT2D eigenvalue weighted by Crippen LogP contribution is -1.93. The van der Waals surface area contributed by atoms with Gasteiger partial charge >= 0.3 is 0 Å². The van der Waals surface area contributed by atoms with E-state index < -0.39 is 0 Å². The standard InChI is InChI=1S/C13H11N3S/c14-13-8-11(3-5-15-13)16-10-1-2-12-9(7-10)4-6-17-12/h1-8H,(H3,14,15,16). The molecular formula is C13H11N3S. The number of aromatic nitrogens is 1. The SMILES string of the molecule is Nc1cc(Nc2ccc3sccc3c2)ccn1. The number of fused-ring (bicyclic) bond motifs is 1. The van der Waals surface area contributed by atoms with E-state index in [1.54, 1.807) is 17.5 Å². The molecule has 84 valence electrons. The van der Waals surface area contributed by atoms with Crippen molar-refractivity contribution in [2.24, 2.45) is 0 Å². The van der Waals surface area contributed by atoms with Crippen molar-refractivity contribution in [1.29, 1.82) is 0 Å². The van der Waals surface area contributed by atoms with E-state index in [1.165, 1.54) is 10.1 Å². The van der Waals surface area contributed by atoms with Crippen LogP contribution < -0.4 is 11.1 Å². The molecular weight excluding hydrogens is 230 g/mol. The maximum atomic E-state index is 5.64. The van der Waals surface area contributed by atoms with E-state index in [-0.39, 0.29) is 0 Å². The smallest absolute Gasteiger partial charge is 0.125 e. The molecule has 0 bridgehead atoms. The highest BCUT2D eigenvalue weighted by molar-refractivity contribution is 7.17. The molecule has 0 aliphatic heterocycles. The molecule has 0 spiro atoms. The molecule has 0 saturated heterocycles. The minimum Gasteiger partial charge on any atom is -0.384 e. The van der Waals surface area contributed by atoms with E-state index in [0.29, 0.717) is 5.82 Å². The molecule has 3 nitrogen and oxygen atoms in total. The number of pyridine rings is 1. The van der Waals surface area contributed by atoms with E-state index in [2.05, 4.69) is 39.9 Å². The van der Waals surface area contributed by atoms with Crippen molar-refractivity contribution in [2.75, 3.05) is 11.1 Å². The Balaban J connectivity index is 1.94. The fourth-order valence-electron chi connectivity index (χ4n) is 1.74. The molecule has 0 fully saturated rings. The van der Waals surface area contributed by atoms with Gasteiger partial charge in [-0.3, -0.25) is 0 Å². The van der Waals surface area contributed by atoms with Gasteiger partial charge in [0, 0.05) is 28.3 Å². The molecule has 4 heteroatoms. The van der Waals surface area contributed by atoms with Gasteiger partial charge < -0.3 is 11.1 Å². The highest BCUT2D eigenvalue weighted by atomic mass is 32.1. The molecule has 0 unspecified atom stereocenters. The van der Waals surface area contributed by atoms with Crippen LogP contribution in [0.5, 0.6) is 0 Å². The van der Waals surface area contributed by atoms with Crippen LogP contribution in [0.3, 0.4) is 0 Å². The molecule has 2 heterocycles. The molecule has 3 aromatic rings. The van der Waals surface area contributed by atoms with Crippen molar-refractivity contribution in [1.82, 2.24) is 4.98 Å². The van der Waals surface area contributed by atoms with E-state index in [0.717, 1.165) is 11.4 Å². The lowest BCUT2D eigenvalue weighted by Gasteiger charge is -2.06. The fourth-order valence-corrected chi connectivity index (χ4v) is 2.51. The Bertz CT molecular complexity index is 660. The quantitative estimate of drug-likeness (QED) is 0.720. The Morgan fingerprint density at radius 2 is 1.94 bits per heavy atom. The van der Waals surface area contributed by atoms with Gasteiger partial charge in [0.2, 0.25) is 0 Å².